The quantitative estimate of drug-likeness (QED) is 0.746. The van der Waals surface area contributed by atoms with Crippen LogP contribution in [0.3, 0.4) is 0 Å². The average Bonchev–Trinajstić information content (AvgIpc) is 2.94. The molecular weight excluding hydrogens is 296 g/mol. The smallest absolute Gasteiger partial charge is 0.253 e. The van der Waals surface area contributed by atoms with Crippen molar-refractivity contribution in [1.29, 1.82) is 0 Å². The molecule has 0 bridgehead atoms. The third-order valence-corrected chi connectivity index (χ3v) is 5.64. The van der Waals surface area contributed by atoms with E-state index < -0.39 is 0 Å². The minimum Gasteiger partial charge on any atom is -0.338 e. The lowest BCUT2D eigenvalue weighted by Gasteiger charge is -2.42. The number of nitrogens with zero attached hydrogens (tertiary/aromatic N) is 1. The van der Waals surface area contributed by atoms with Crippen LogP contribution in [0.1, 0.15) is 41.8 Å². The number of nitrogens with two attached hydrogens (primary N) is 1. The number of hydrogen-bond acceptors (Lipinski definition) is 2. The highest BCUT2D eigenvalue weighted by atomic mass is 16.2. The van der Waals surface area contributed by atoms with Crippen LogP contribution in [0.15, 0.2) is 42.5 Å². The Kier molecular flexibility index (Phi) is 3.50. The van der Waals surface area contributed by atoms with E-state index in [1.54, 1.807) is 0 Å². The summed E-state index contributed by atoms with van der Waals surface area (Å²) in [5, 5.41) is 0. The lowest BCUT2D eigenvalue weighted by atomic mass is 9.79. The minimum atomic E-state index is -0.0269. The molecule has 3 heteroatoms. The Morgan fingerprint density at radius 1 is 1.12 bits per heavy atom. The second-order valence-corrected chi connectivity index (χ2v) is 7.82. The molecule has 0 saturated carbocycles. The Hall–Kier alpha value is -2.13. The van der Waals surface area contributed by atoms with Crippen LogP contribution < -0.4 is 5.73 Å². The van der Waals surface area contributed by atoms with Crippen LogP contribution in [0.5, 0.6) is 0 Å². The van der Waals surface area contributed by atoms with Gasteiger partial charge < -0.3 is 10.6 Å². The standard InChI is InChI=1S/C21H24N2O/c1-21(2)13-23(10-9-19(21)22)20(24)15-7-8-18-16(12-15)11-14-5-3-4-6-17(14)18/h3-8,12,19H,9-11,13,22H2,1-2H3. The van der Waals surface area contributed by atoms with Crippen molar-refractivity contribution in [2.24, 2.45) is 11.1 Å². The van der Waals surface area contributed by atoms with Gasteiger partial charge in [0.25, 0.3) is 5.91 Å². The molecule has 2 aromatic carbocycles. The number of likely N-dealkylation sites (tertiary alicyclic amines) is 1. The van der Waals surface area contributed by atoms with Gasteiger partial charge >= 0.3 is 0 Å². The molecule has 3 nitrogen and oxygen atoms in total. The van der Waals surface area contributed by atoms with E-state index in [9.17, 15) is 4.79 Å². The number of fused-ring (bicyclic) bond motifs is 3. The second kappa shape index (κ2) is 5.45. The van der Waals surface area contributed by atoms with Crippen molar-refractivity contribution in [3.8, 4) is 11.1 Å². The van der Waals surface area contributed by atoms with Crippen molar-refractivity contribution in [3.05, 3.63) is 59.2 Å². The molecule has 2 N–H and O–H groups in total. The van der Waals surface area contributed by atoms with Crippen molar-refractivity contribution in [2.75, 3.05) is 13.1 Å². The highest BCUT2D eigenvalue weighted by Gasteiger charge is 2.35. The first-order chi connectivity index (χ1) is 11.5. The fourth-order valence-corrected chi connectivity index (χ4v) is 4.01. The molecule has 0 radical (unpaired) electrons. The van der Waals surface area contributed by atoms with E-state index in [-0.39, 0.29) is 17.4 Å². The van der Waals surface area contributed by atoms with Gasteiger partial charge in [-0.05, 0) is 52.6 Å². The summed E-state index contributed by atoms with van der Waals surface area (Å²) in [6.45, 7) is 5.78. The van der Waals surface area contributed by atoms with Crippen LogP contribution in [0.2, 0.25) is 0 Å². The number of benzene rings is 2. The first-order valence-corrected chi connectivity index (χ1v) is 8.72. The van der Waals surface area contributed by atoms with Crippen molar-refractivity contribution in [3.63, 3.8) is 0 Å². The summed E-state index contributed by atoms with van der Waals surface area (Å²) in [4.78, 5) is 14.9. The molecule has 1 aliphatic heterocycles. The highest BCUT2D eigenvalue weighted by Crippen LogP contribution is 2.37. The zero-order valence-electron chi connectivity index (χ0n) is 14.4. The molecule has 2 aromatic rings. The van der Waals surface area contributed by atoms with Crippen molar-refractivity contribution >= 4 is 5.91 Å². The molecule has 0 aromatic heterocycles. The van der Waals surface area contributed by atoms with Crippen LogP contribution in [-0.4, -0.2) is 29.9 Å². The predicted octanol–water partition coefficient (Wildman–Crippen LogP) is 3.46. The molecule has 1 fully saturated rings. The lowest BCUT2D eigenvalue weighted by molar-refractivity contribution is 0.0533. The van der Waals surface area contributed by atoms with Gasteiger partial charge in [-0.3, -0.25) is 4.79 Å². The largest absolute Gasteiger partial charge is 0.338 e. The summed E-state index contributed by atoms with van der Waals surface area (Å²) in [5.41, 5.74) is 12.1. The van der Waals surface area contributed by atoms with E-state index in [1.807, 2.05) is 11.0 Å². The molecule has 1 atom stereocenters. The van der Waals surface area contributed by atoms with E-state index in [0.29, 0.717) is 0 Å². The molecule has 1 amide bonds. The van der Waals surface area contributed by atoms with Crippen LogP contribution in [0.4, 0.5) is 0 Å². The van der Waals surface area contributed by atoms with Crippen molar-refractivity contribution in [1.82, 2.24) is 4.90 Å². The van der Waals surface area contributed by atoms with Gasteiger partial charge in [0.05, 0.1) is 0 Å². The number of carbonyl (C=O) groups excluding carboxylic acids is 1. The molecule has 1 heterocycles. The Morgan fingerprint density at radius 3 is 2.67 bits per heavy atom. The number of piperidine rings is 1. The van der Waals surface area contributed by atoms with E-state index in [0.717, 1.165) is 31.5 Å². The molecule has 24 heavy (non-hydrogen) atoms. The summed E-state index contributed by atoms with van der Waals surface area (Å²) in [5.74, 6) is 0.133. The molecule has 1 saturated heterocycles. The van der Waals surface area contributed by atoms with Gasteiger partial charge in [0.1, 0.15) is 0 Å². The van der Waals surface area contributed by atoms with Gasteiger partial charge in [0.15, 0.2) is 0 Å². The van der Waals surface area contributed by atoms with Crippen molar-refractivity contribution < 1.29 is 4.79 Å². The topological polar surface area (TPSA) is 46.3 Å². The van der Waals surface area contributed by atoms with E-state index in [1.165, 1.54) is 22.3 Å². The molecule has 4 rings (SSSR count). The summed E-state index contributed by atoms with van der Waals surface area (Å²) in [7, 11) is 0. The number of hydrogen-bond donors (Lipinski definition) is 1. The maximum Gasteiger partial charge on any atom is 0.253 e. The van der Waals surface area contributed by atoms with Crippen LogP contribution >= 0.6 is 0 Å². The first kappa shape index (κ1) is 15.4. The Morgan fingerprint density at radius 2 is 1.88 bits per heavy atom. The summed E-state index contributed by atoms with van der Waals surface area (Å²) in [6.07, 6.45) is 1.79. The Labute approximate surface area is 143 Å². The van der Waals surface area contributed by atoms with Crippen LogP contribution in [0.25, 0.3) is 11.1 Å². The van der Waals surface area contributed by atoms with Gasteiger partial charge in [0, 0.05) is 24.7 Å². The normalized spacial score (nSPS) is 21.3. The fourth-order valence-electron chi connectivity index (χ4n) is 4.01. The predicted molar refractivity (Wildman–Crippen MR) is 97.0 cm³/mol. The monoisotopic (exact) mass is 320 g/mol. The molecular formula is C21H24N2O. The maximum absolute atomic E-state index is 13.0. The molecule has 0 spiro atoms. The zero-order valence-corrected chi connectivity index (χ0v) is 14.4. The molecule has 1 unspecified atom stereocenters. The Balaban J connectivity index is 1.60. The van der Waals surface area contributed by atoms with E-state index >= 15 is 0 Å². The number of amides is 1. The van der Waals surface area contributed by atoms with Gasteiger partial charge in [0.2, 0.25) is 0 Å². The maximum atomic E-state index is 13.0. The summed E-state index contributed by atoms with van der Waals surface area (Å²) < 4.78 is 0. The Bertz CT molecular complexity index is 809. The van der Waals surface area contributed by atoms with Gasteiger partial charge in [-0.15, -0.1) is 0 Å². The zero-order chi connectivity index (χ0) is 16.9. The molecule has 124 valence electrons. The molecule has 1 aliphatic carbocycles. The van der Waals surface area contributed by atoms with Gasteiger partial charge in [-0.25, -0.2) is 0 Å². The van der Waals surface area contributed by atoms with Gasteiger partial charge in [-0.1, -0.05) is 44.2 Å². The third-order valence-electron chi connectivity index (χ3n) is 5.64. The SMILES string of the molecule is CC1(C)CN(C(=O)c2ccc3c(c2)Cc2ccccc2-3)CCC1N. The van der Waals surface area contributed by atoms with E-state index in [2.05, 4.69) is 50.2 Å². The van der Waals surface area contributed by atoms with Crippen molar-refractivity contribution in [2.45, 2.75) is 32.7 Å². The first-order valence-electron chi connectivity index (χ1n) is 8.72. The summed E-state index contributed by atoms with van der Waals surface area (Å²) >= 11 is 0. The van der Waals surface area contributed by atoms with Gasteiger partial charge in [-0.2, -0.15) is 0 Å². The van der Waals surface area contributed by atoms with Crippen LogP contribution in [-0.2, 0) is 6.42 Å². The molecule has 2 aliphatic rings. The second-order valence-electron chi connectivity index (χ2n) is 7.82. The number of carbonyl (C=O) groups is 1. The van der Waals surface area contributed by atoms with E-state index in [4.69, 9.17) is 5.73 Å². The number of rotatable bonds is 1. The summed E-state index contributed by atoms with van der Waals surface area (Å²) in [6, 6.07) is 14.8. The fraction of sp³-hybridized carbons (Fsp3) is 0.381. The van der Waals surface area contributed by atoms with Crippen LogP contribution in [0, 0.1) is 5.41 Å². The average molecular weight is 320 g/mol. The minimum absolute atomic E-state index is 0.0269. The lowest BCUT2D eigenvalue weighted by Crippen LogP contribution is -2.54. The highest BCUT2D eigenvalue weighted by molar-refractivity contribution is 5.96. The third kappa shape index (κ3) is 2.44.